The molecule has 0 aliphatic heterocycles. The molecule has 8 heteroatoms. The van der Waals surface area contributed by atoms with Crippen molar-refractivity contribution in [1.29, 1.82) is 5.26 Å². The molecule has 0 aliphatic rings. The standard InChI is InChI=1S/C22H24N6O2/c1-13-6-7-18(8-14(13)2)28-22(29)20(16(4)27-28)11-24-26-21-19(10-23)17(12-30-5)9-15(3)25-21/h6-9,11,27H,12H2,1-5H3,(H,25,26). The molecule has 0 amide bonds. The van der Waals surface area contributed by atoms with Crippen molar-refractivity contribution in [2.75, 3.05) is 12.5 Å². The minimum Gasteiger partial charge on any atom is -0.380 e. The van der Waals surface area contributed by atoms with Crippen LogP contribution in [0.25, 0.3) is 5.69 Å². The minimum atomic E-state index is -0.209. The summed E-state index contributed by atoms with van der Waals surface area (Å²) in [7, 11) is 1.57. The van der Waals surface area contributed by atoms with Crippen LogP contribution in [-0.4, -0.2) is 28.1 Å². The maximum Gasteiger partial charge on any atom is 0.280 e. The molecular formula is C22H24N6O2. The Kier molecular flexibility index (Phi) is 6.14. The Morgan fingerprint density at radius 3 is 2.70 bits per heavy atom. The number of ether oxygens (including phenoxy) is 1. The average Bonchev–Trinajstić information content (AvgIpc) is 2.98. The number of hydrogen-bond donors (Lipinski definition) is 2. The predicted octanol–water partition coefficient (Wildman–Crippen LogP) is 3.26. The fourth-order valence-corrected chi connectivity index (χ4v) is 3.13. The van der Waals surface area contributed by atoms with Crippen LogP contribution in [0.1, 0.15) is 39.2 Å². The zero-order valence-electron chi connectivity index (χ0n) is 17.7. The molecule has 0 atom stereocenters. The van der Waals surface area contributed by atoms with Crippen LogP contribution in [0.3, 0.4) is 0 Å². The number of anilines is 1. The Hall–Kier alpha value is -3.70. The van der Waals surface area contributed by atoms with Crippen molar-refractivity contribution in [2.24, 2.45) is 5.10 Å². The number of aryl methyl sites for hydroxylation is 4. The number of nitrogens with zero attached hydrogens (tertiary/aromatic N) is 4. The van der Waals surface area contributed by atoms with Gasteiger partial charge >= 0.3 is 0 Å². The van der Waals surface area contributed by atoms with E-state index in [1.807, 2.05) is 45.9 Å². The van der Waals surface area contributed by atoms with Crippen LogP contribution in [0.15, 0.2) is 34.2 Å². The van der Waals surface area contributed by atoms with E-state index in [2.05, 4.69) is 26.7 Å². The summed E-state index contributed by atoms with van der Waals surface area (Å²) in [4.78, 5) is 17.2. The number of aromatic nitrogens is 3. The monoisotopic (exact) mass is 404 g/mol. The van der Waals surface area contributed by atoms with Crippen molar-refractivity contribution in [3.8, 4) is 11.8 Å². The van der Waals surface area contributed by atoms with Crippen LogP contribution in [0.2, 0.25) is 0 Å². The number of methoxy groups -OCH3 is 1. The molecule has 154 valence electrons. The zero-order valence-corrected chi connectivity index (χ0v) is 17.7. The lowest BCUT2D eigenvalue weighted by molar-refractivity contribution is 0.184. The van der Waals surface area contributed by atoms with E-state index in [1.54, 1.807) is 13.2 Å². The molecule has 3 rings (SSSR count). The fourth-order valence-electron chi connectivity index (χ4n) is 3.13. The van der Waals surface area contributed by atoms with Gasteiger partial charge in [0.05, 0.1) is 24.1 Å². The summed E-state index contributed by atoms with van der Waals surface area (Å²) < 4.78 is 6.64. The smallest absolute Gasteiger partial charge is 0.280 e. The van der Waals surface area contributed by atoms with Crippen LogP contribution in [0, 0.1) is 39.0 Å². The second-order valence-corrected chi connectivity index (χ2v) is 7.12. The highest BCUT2D eigenvalue weighted by atomic mass is 16.5. The van der Waals surface area contributed by atoms with E-state index >= 15 is 0 Å². The summed E-state index contributed by atoms with van der Waals surface area (Å²) >= 11 is 0. The topological polar surface area (TPSA) is 108 Å². The molecule has 0 saturated carbocycles. The first-order valence-corrected chi connectivity index (χ1v) is 9.43. The lowest BCUT2D eigenvalue weighted by Gasteiger charge is -2.09. The molecule has 0 unspecified atom stereocenters. The Labute approximate surface area is 174 Å². The second-order valence-electron chi connectivity index (χ2n) is 7.12. The molecule has 0 saturated heterocycles. The van der Waals surface area contributed by atoms with Gasteiger partial charge in [-0.15, -0.1) is 0 Å². The van der Waals surface area contributed by atoms with Crippen molar-refractivity contribution in [2.45, 2.75) is 34.3 Å². The quantitative estimate of drug-likeness (QED) is 0.484. The van der Waals surface area contributed by atoms with Crippen LogP contribution in [-0.2, 0) is 11.3 Å². The summed E-state index contributed by atoms with van der Waals surface area (Å²) in [5, 5.41) is 16.7. The van der Waals surface area contributed by atoms with Gasteiger partial charge < -0.3 is 4.74 Å². The Bertz CT molecular complexity index is 1210. The minimum absolute atomic E-state index is 0.209. The van der Waals surface area contributed by atoms with Crippen molar-refractivity contribution < 1.29 is 4.74 Å². The number of nitrogens with one attached hydrogen (secondary N) is 2. The molecule has 1 aromatic carbocycles. The number of pyridine rings is 1. The largest absolute Gasteiger partial charge is 0.380 e. The van der Waals surface area contributed by atoms with Gasteiger partial charge in [-0.2, -0.15) is 10.4 Å². The maximum atomic E-state index is 12.9. The third kappa shape index (κ3) is 4.16. The number of hydrogen-bond acceptors (Lipinski definition) is 6. The van der Waals surface area contributed by atoms with E-state index in [0.29, 0.717) is 29.2 Å². The average molecular weight is 404 g/mol. The van der Waals surface area contributed by atoms with Gasteiger partial charge in [0.15, 0.2) is 5.82 Å². The van der Waals surface area contributed by atoms with E-state index in [-0.39, 0.29) is 5.56 Å². The lowest BCUT2D eigenvalue weighted by atomic mass is 10.1. The Balaban J connectivity index is 1.91. The van der Waals surface area contributed by atoms with Gasteiger partial charge in [0, 0.05) is 24.1 Å². The van der Waals surface area contributed by atoms with Gasteiger partial charge in [0.25, 0.3) is 5.56 Å². The van der Waals surface area contributed by atoms with E-state index in [0.717, 1.165) is 28.1 Å². The van der Waals surface area contributed by atoms with Crippen molar-refractivity contribution in [3.63, 3.8) is 0 Å². The third-order valence-corrected chi connectivity index (χ3v) is 4.87. The van der Waals surface area contributed by atoms with Crippen molar-refractivity contribution >= 4 is 12.0 Å². The molecule has 2 heterocycles. The number of aromatic amines is 1. The van der Waals surface area contributed by atoms with Crippen molar-refractivity contribution in [1.82, 2.24) is 14.8 Å². The van der Waals surface area contributed by atoms with Crippen LogP contribution >= 0.6 is 0 Å². The molecule has 3 aromatic rings. The molecule has 8 nitrogen and oxygen atoms in total. The van der Waals surface area contributed by atoms with Crippen molar-refractivity contribution in [3.05, 3.63) is 73.8 Å². The SMILES string of the molecule is COCc1cc(C)nc(NN=Cc2c(C)[nH]n(-c3ccc(C)c(C)c3)c2=O)c1C#N. The number of H-pyrrole nitrogens is 1. The lowest BCUT2D eigenvalue weighted by Crippen LogP contribution is -2.17. The summed E-state index contributed by atoms with van der Waals surface area (Å²) in [6, 6.07) is 9.76. The van der Waals surface area contributed by atoms with Crippen LogP contribution in [0.4, 0.5) is 5.82 Å². The van der Waals surface area contributed by atoms with Crippen LogP contribution < -0.4 is 11.0 Å². The first-order valence-electron chi connectivity index (χ1n) is 9.43. The summed E-state index contributed by atoms with van der Waals surface area (Å²) in [5.41, 5.74) is 8.52. The number of benzene rings is 1. The predicted molar refractivity (Wildman–Crippen MR) is 116 cm³/mol. The number of hydrazone groups is 1. The van der Waals surface area contributed by atoms with Gasteiger partial charge in [-0.05, 0) is 57.0 Å². The summed E-state index contributed by atoms with van der Waals surface area (Å²) in [6.45, 7) is 7.96. The molecule has 0 fully saturated rings. The molecule has 2 N–H and O–H groups in total. The summed E-state index contributed by atoms with van der Waals surface area (Å²) in [6.07, 6.45) is 1.44. The molecule has 2 aromatic heterocycles. The third-order valence-electron chi connectivity index (χ3n) is 4.87. The normalized spacial score (nSPS) is 11.1. The second kappa shape index (κ2) is 8.76. The molecular weight excluding hydrogens is 380 g/mol. The molecule has 0 radical (unpaired) electrons. The van der Waals surface area contributed by atoms with E-state index in [1.165, 1.54) is 10.9 Å². The Morgan fingerprint density at radius 2 is 2.03 bits per heavy atom. The maximum absolute atomic E-state index is 12.9. The number of nitriles is 1. The molecule has 0 spiro atoms. The van der Waals surface area contributed by atoms with Gasteiger partial charge in [0.2, 0.25) is 0 Å². The van der Waals surface area contributed by atoms with E-state index < -0.39 is 0 Å². The van der Waals surface area contributed by atoms with E-state index in [9.17, 15) is 10.1 Å². The van der Waals surface area contributed by atoms with Gasteiger partial charge in [-0.3, -0.25) is 15.3 Å². The van der Waals surface area contributed by atoms with Gasteiger partial charge in [0.1, 0.15) is 11.6 Å². The van der Waals surface area contributed by atoms with Gasteiger partial charge in [-0.25, -0.2) is 9.67 Å². The Morgan fingerprint density at radius 1 is 1.27 bits per heavy atom. The van der Waals surface area contributed by atoms with Crippen LogP contribution in [0.5, 0.6) is 0 Å². The van der Waals surface area contributed by atoms with E-state index in [4.69, 9.17) is 4.74 Å². The molecule has 0 aliphatic carbocycles. The first-order chi connectivity index (χ1) is 14.3. The fraction of sp³-hybridized carbons (Fsp3) is 0.273. The molecule has 0 bridgehead atoms. The number of rotatable bonds is 6. The highest BCUT2D eigenvalue weighted by Gasteiger charge is 2.13. The summed E-state index contributed by atoms with van der Waals surface area (Å²) in [5.74, 6) is 0.323. The highest BCUT2D eigenvalue weighted by molar-refractivity contribution is 5.81. The highest BCUT2D eigenvalue weighted by Crippen LogP contribution is 2.19. The zero-order chi connectivity index (χ0) is 21.8. The van der Waals surface area contributed by atoms with Gasteiger partial charge in [-0.1, -0.05) is 6.07 Å². The first kappa shape index (κ1) is 21.0. The molecule has 30 heavy (non-hydrogen) atoms.